The van der Waals surface area contributed by atoms with Gasteiger partial charge in [0.2, 0.25) is 0 Å². The van der Waals surface area contributed by atoms with E-state index in [1.165, 1.54) is 12.8 Å². The lowest BCUT2D eigenvalue weighted by Crippen LogP contribution is -2.45. The number of fused-ring (bicyclic) bond motifs is 2. The van der Waals surface area contributed by atoms with Crippen LogP contribution in [0.3, 0.4) is 0 Å². The van der Waals surface area contributed by atoms with Crippen molar-refractivity contribution in [3.05, 3.63) is 0 Å². The zero-order chi connectivity index (χ0) is 9.97. The first-order valence-corrected chi connectivity index (χ1v) is 6.00. The van der Waals surface area contributed by atoms with E-state index in [9.17, 15) is 5.11 Å². The van der Waals surface area contributed by atoms with Crippen LogP contribution in [0.2, 0.25) is 0 Å². The summed E-state index contributed by atoms with van der Waals surface area (Å²) in [5, 5.41) is 10.5. The van der Waals surface area contributed by atoms with Crippen molar-refractivity contribution in [3.63, 3.8) is 0 Å². The summed E-state index contributed by atoms with van der Waals surface area (Å²) in [7, 11) is 0. The third kappa shape index (κ3) is 1.17. The summed E-state index contributed by atoms with van der Waals surface area (Å²) in [6, 6.07) is 0. The van der Waals surface area contributed by atoms with Gasteiger partial charge < -0.3 is 10.8 Å². The van der Waals surface area contributed by atoms with Gasteiger partial charge in [-0.15, -0.1) is 0 Å². The fraction of sp³-hybridized carbons (Fsp3) is 1.00. The Morgan fingerprint density at radius 3 is 2.79 bits per heavy atom. The van der Waals surface area contributed by atoms with Crippen molar-refractivity contribution in [2.24, 2.45) is 23.5 Å². The Balaban J connectivity index is 1.99. The minimum absolute atomic E-state index is 0.00961. The van der Waals surface area contributed by atoms with Crippen molar-refractivity contribution < 1.29 is 5.11 Å². The van der Waals surface area contributed by atoms with Gasteiger partial charge >= 0.3 is 0 Å². The maximum atomic E-state index is 10.5. The molecule has 2 nitrogen and oxygen atoms in total. The fourth-order valence-electron chi connectivity index (χ4n) is 4.44. The minimum atomic E-state index is -0.348. The van der Waals surface area contributed by atoms with Crippen LogP contribution < -0.4 is 5.73 Å². The zero-order valence-electron chi connectivity index (χ0n) is 9.00. The normalized spacial score (nSPS) is 61.5. The lowest BCUT2D eigenvalue weighted by atomic mass is 9.76. The molecule has 3 N–H and O–H groups in total. The van der Waals surface area contributed by atoms with E-state index in [-0.39, 0.29) is 11.1 Å². The summed E-state index contributed by atoms with van der Waals surface area (Å²) < 4.78 is 0. The lowest BCUT2D eigenvalue weighted by Gasteiger charge is -2.36. The van der Waals surface area contributed by atoms with Crippen LogP contribution in [0.15, 0.2) is 0 Å². The van der Waals surface area contributed by atoms with Crippen LogP contribution in [-0.2, 0) is 0 Å². The fourth-order valence-corrected chi connectivity index (χ4v) is 4.44. The Morgan fingerprint density at radius 1 is 1.21 bits per heavy atom. The van der Waals surface area contributed by atoms with Crippen molar-refractivity contribution >= 4 is 0 Å². The first-order valence-electron chi connectivity index (χ1n) is 6.00. The van der Waals surface area contributed by atoms with Gasteiger partial charge in [-0.25, -0.2) is 0 Å². The first kappa shape index (κ1) is 9.17. The van der Waals surface area contributed by atoms with Crippen LogP contribution in [0, 0.1) is 17.8 Å². The van der Waals surface area contributed by atoms with Gasteiger partial charge in [0.1, 0.15) is 0 Å². The summed E-state index contributed by atoms with van der Waals surface area (Å²) in [4.78, 5) is 0. The Bertz CT molecular complexity index is 258. The molecule has 0 aliphatic heterocycles. The predicted octanol–water partition coefficient (Wildman–Crippen LogP) is 1.66. The second kappa shape index (κ2) is 2.53. The van der Waals surface area contributed by atoms with Crippen molar-refractivity contribution in [2.45, 2.75) is 56.6 Å². The van der Waals surface area contributed by atoms with E-state index in [1.807, 2.05) is 0 Å². The van der Waals surface area contributed by atoms with Crippen LogP contribution >= 0.6 is 0 Å². The van der Waals surface area contributed by atoms with Gasteiger partial charge in [-0.3, -0.25) is 0 Å². The molecule has 0 radical (unpaired) electrons. The van der Waals surface area contributed by atoms with Gasteiger partial charge in [-0.2, -0.15) is 0 Å². The van der Waals surface area contributed by atoms with E-state index in [4.69, 9.17) is 5.73 Å². The molecule has 5 atom stereocenters. The topological polar surface area (TPSA) is 46.2 Å². The van der Waals surface area contributed by atoms with Crippen molar-refractivity contribution in [2.75, 3.05) is 0 Å². The van der Waals surface area contributed by atoms with E-state index in [0.29, 0.717) is 5.92 Å². The molecule has 0 heterocycles. The molecule has 0 aromatic rings. The van der Waals surface area contributed by atoms with E-state index in [2.05, 4.69) is 6.92 Å². The second-order valence-electron chi connectivity index (χ2n) is 6.34. The molecule has 2 heteroatoms. The maximum absolute atomic E-state index is 10.5. The molecule has 3 aliphatic carbocycles. The molecule has 0 spiro atoms. The van der Waals surface area contributed by atoms with Crippen LogP contribution in [0.5, 0.6) is 0 Å². The van der Waals surface area contributed by atoms with Crippen LogP contribution in [0.1, 0.15) is 45.4 Å². The summed E-state index contributed by atoms with van der Waals surface area (Å²) in [6.45, 7) is 2.20. The van der Waals surface area contributed by atoms with Crippen molar-refractivity contribution in [1.82, 2.24) is 0 Å². The molecule has 3 saturated carbocycles. The summed E-state index contributed by atoms with van der Waals surface area (Å²) in [5.74, 6) is 2.17. The second-order valence-corrected chi connectivity index (χ2v) is 6.34. The van der Waals surface area contributed by atoms with Gasteiger partial charge in [0.05, 0.1) is 5.60 Å². The third-order valence-corrected chi connectivity index (χ3v) is 5.08. The SMILES string of the molecule is CC1(N)CCC2(O)CC3CC(C2)C1C3. The summed E-state index contributed by atoms with van der Waals surface area (Å²) >= 11 is 0. The summed E-state index contributed by atoms with van der Waals surface area (Å²) in [5.41, 5.74) is 6.04. The molecule has 3 aliphatic rings. The van der Waals surface area contributed by atoms with Gasteiger partial charge in [0.15, 0.2) is 0 Å². The molecular weight excluding hydrogens is 174 g/mol. The molecule has 0 amide bonds. The number of nitrogens with two attached hydrogens (primary N) is 1. The van der Waals surface area contributed by atoms with Gasteiger partial charge in [-0.05, 0) is 63.2 Å². The number of rotatable bonds is 0. The molecule has 5 unspecified atom stereocenters. The summed E-state index contributed by atoms with van der Waals surface area (Å²) in [6.07, 6.45) is 6.64. The van der Waals surface area contributed by atoms with E-state index in [1.54, 1.807) is 0 Å². The number of hydrogen-bond acceptors (Lipinski definition) is 2. The molecule has 0 aromatic carbocycles. The first-order chi connectivity index (χ1) is 6.49. The average Bonchev–Trinajstić information content (AvgIpc) is 2.36. The van der Waals surface area contributed by atoms with Crippen molar-refractivity contribution in [1.29, 1.82) is 0 Å². The molecule has 80 valence electrons. The monoisotopic (exact) mass is 195 g/mol. The van der Waals surface area contributed by atoms with Gasteiger partial charge in [0, 0.05) is 5.54 Å². The molecule has 0 saturated heterocycles. The molecule has 14 heavy (non-hydrogen) atoms. The molecule has 3 bridgehead atoms. The zero-order valence-corrected chi connectivity index (χ0v) is 9.00. The Hall–Kier alpha value is -0.0800. The maximum Gasteiger partial charge on any atom is 0.0653 e. The van der Waals surface area contributed by atoms with Crippen LogP contribution in [0.4, 0.5) is 0 Å². The molecule has 3 rings (SSSR count). The predicted molar refractivity (Wildman–Crippen MR) is 55.7 cm³/mol. The highest BCUT2D eigenvalue weighted by molar-refractivity contribution is 5.08. The highest BCUT2D eigenvalue weighted by Gasteiger charge is 2.54. The van der Waals surface area contributed by atoms with Crippen molar-refractivity contribution in [3.8, 4) is 0 Å². The van der Waals surface area contributed by atoms with E-state index < -0.39 is 0 Å². The number of hydrogen-bond donors (Lipinski definition) is 2. The highest BCUT2D eigenvalue weighted by atomic mass is 16.3. The Morgan fingerprint density at radius 2 is 2.00 bits per heavy atom. The van der Waals surface area contributed by atoms with Gasteiger partial charge in [0.25, 0.3) is 0 Å². The van der Waals surface area contributed by atoms with Crippen LogP contribution in [0.25, 0.3) is 0 Å². The minimum Gasteiger partial charge on any atom is -0.390 e. The number of aliphatic hydroxyl groups is 1. The van der Waals surface area contributed by atoms with Crippen LogP contribution in [-0.4, -0.2) is 16.2 Å². The van der Waals surface area contributed by atoms with E-state index >= 15 is 0 Å². The molecule has 0 aromatic heterocycles. The quantitative estimate of drug-likeness (QED) is 0.617. The van der Waals surface area contributed by atoms with E-state index in [0.717, 1.165) is 37.5 Å². The van der Waals surface area contributed by atoms with Gasteiger partial charge in [-0.1, -0.05) is 0 Å². The largest absolute Gasteiger partial charge is 0.390 e. The molecule has 3 fully saturated rings. The molecular formula is C12H21NO. The standard InChI is InChI=1S/C12H21NO/c1-11(13)2-3-12(14)6-8-4-9(7-12)10(11)5-8/h8-10,14H,2-7,13H2,1H3. The highest BCUT2D eigenvalue weighted by Crippen LogP contribution is 2.57. The Kier molecular flexibility index (Phi) is 1.66. The Labute approximate surface area is 85.9 Å². The third-order valence-electron chi connectivity index (χ3n) is 5.08. The lowest BCUT2D eigenvalue weighted by molar-refractivity contribution is -0.0252. The smallest absolute Gasteiger partial charge is 0.0653 e. The average molecular weight is 195 g/mol.